The Hall–Kier alpha value is -1.79. The summed E-state index contributed by atoms with van der Waals surface area (Å²) in [5, 5.41) is 4.80. The van der Waals surface area contributed by atoms with Gasteiger partial charge in [0, 0.05) is 17.5 Å². The second-order valence-corrected chi connectivity index (χ2v) is 5.03. The molecule has 1 amide bonds. The number of hydrogen-bond acceptors (Lipinski definition) is 3. The lowest BCUT2D eigenvalue weighted by molar-refractivity contribution is -0.120. The summed E-state index contributed by atoms with van der Waals surface area (Å²) >= 11 is 1.52. The van der Waals surface area contributed by atoms with Crippen LogP contribution in [0, 0.1) is 11.6 Å². The minimum absolute atomic E-state index is 0.182. The molecule has 0 fully saturated rings. The van der Waals surface area contributed by atoms with E-state index in [1.165, 1.54) is 11.3 Å². The third-order valence-electron chi connectivity index (χ3n) is 2.56. The lowest BCUT2D eigenvalue weighted by atomic mass is 10.1. The number of hydrogen-bond donors (Lipinski definition) is 2. The van der Waals surface area contributed by atoms with Crippen molar-refractivity contribution in [2.75, 3.05) is 0 Å². The number of benzene rings is 1. The van der Waals surface area contributed by atoms with Gasteiger partial charge in [0.2, 0.25) is 5.91 Å². The van der Waals surface area contributed by atoms with E-state index in [2.05, 4.69) is 5.32 Å². The van der Waals surface area contributed by atoms with Crippen LogP contribution < -0.4 is 11.1 Å². The van der Waals surface area contributed by atoms with Gasteiger partial charge in [0.1, 0.15) is 17.7 Å². The second-order valence-electron chi connectivity index (χ2n) is 4.00. The summed E-state index contributed by atoms with van der Waals surface area (Å²) in [5.41, 5.74) is 5.45. The molecule has 0 aliphatic carbocycles. The van der Waals surface area contributed by atoms with Crippen LogP contribution in [0.2, 0.25) is 0 Å². The van der Waals surface area contributed by atoms with Gasteiger partial charge >= 0.3 is 0 Å². The standard InChI is InChI=1S/C13H12F2N2OS/c14-9-4-8(5-10(15)6-9)12(13(16)18)17-7-11-2-1-3-19-11/h1-6,12,17H,7H2,(H2,16,18). The second kappa shape index (κ2) is 5.90. The van der Waals surface area contributed by atoms with Gasteiger partial charge in [0.25, 0.3) is 0 Å². The highest BCUT2D eigenvalue weighted by atomic mass is 32.1. The van der Waals surface area contributed by atoms with Gasteiger partial charge in [-0.2, -0.15) is 0 Å². The van der Waals surface area contributed by atoms with E-state index in [-0.39, 0.29) is 5.56 Å². The summed E-state index contributed by atoms with van der Waals surface area (Å²) in [5.74, 6) is -2.15. The maximum atomic E-state index is 13.1. The maximum Gasteiger partial charge on any atom is 0.239 e. The Morgan fingerprint density at radius 1 is 1.32 bits per heavy atom. The highest BCUT2D eigenvalue weighted by Crippen LogP contribution is 2.18. The van der Waals surface area contributed by atoms with Crippen molar-refractivity contribution >= 4 is 17.2 Å². The quantitative estimate of drug-likeness (QED) is 0.884. The van der Waals surface area contributed by atoms with Crippen molar-refractivity contribution in [2.24, 2.45) is 5.73 Å². The van der Waals surface area contributed by atoms with Crippen LogP contribution in [-0.4, -0.2) is 5.91 Å². The van der Waals surface area contributed by atoms with Crippen LogP contribution in [0.15, 0.2) is 35.7 Å². The molecule has 3 N–H and O–H groups in total. The van der Waals surface area contributed by atoms with Gasteiger partial charge in [-0.05, 0) is 29.1 Å². The SMILES string of the molecule is NC(=O)C(NCc1cccs1)c1cc(F)cc(F)c1. The summed E-state index contributed by atoms with van der Waals surface area (Å²) in [6, 6.07) is 5.79. The van der Waals surface area contributed by atoms with Crippen molar-refractivity contribution in [3.8, 4) is 0 Å². The van der Waals surface area contributed by atoms with Crippen molar-refractivity contribution in [3.63, 3.8) is 0 Å². The smallest absolute Gasteiger partial charge is 0.239 e. The molecule has 1 atom stereocenters. The van der Waals surface area contributed by atoms with Crippen LogP contribution in [0.4, 0.5) is 8.78 Å². The number of rotatable bonds is 5. The van der Waals surface area contributed by atoms with Gasteiger partial charge in [0.05, 0.1) is 0 Å². The molecule has 1 unspecified atom stereocenters. The zero-order valence-corrected chi connectivity index (χ0v) is 10.7. The largest absolute Gasteiger partial charge is 0.368 e. The van der Waals surface area contributed by atoms with E-state index >= 15 is 0 Å². The maximum absolute atomic E-state index is 13.1. The zero-order chi connectivity index (χ0) is 13.8. The molecule has 1 aromatic heterocycles. The van der Waals surface area contributed by atoms with Crippen LogP contribution in [0.25, 0.3) is 0 Å². The molecule has 0 spiro atoms. The Labute approximate surface area is 113 Å². The molecule has 19 heavy (non-hydrogen) atoms. The van der Waals surface area contributed by atoms with E-state index in [1.54, 1.807) is 0 Å². The fourth-order valence-electron chi connectivity index (χ4n) is 1.74. The molecular weight excluding hydrogens is 270 g/mol. The lowest BCUT2D eigenvalue weighted by Gasteiger charge is -2.15. The summed E-state index contributed by atoms with van der Waals surface area (Å²) < 4.78 is 26.3. The number of carbonyl (C=O) groups excluding carboxylic acids is 1. The van der Waals surface area contributed by atoms with E-state index in [0.29, 0.717) is 6.54 Å². The monoisotopic (exact) mass is 282 g/mol. The van der Waals surface area contributed by atoms with Crippen LogP contribution in [0.1, 0.15) is 16.5 Å². The average molecular weight is 282 g/mol. The molecule has 0 radical (unpaired) electrons. The third-order valence-corrected chi connectivity index (χ3v) is 3.44. The van der Waals surface area contributed by atoms with Gasteiger partial charge in [0.15, 0.2) is 0 Å². The van der Waals surface area contributed by atoms with Crippen LogP contribution in [-0.2, 0) is 11.3 Å². The summed E-state index contributed by atoms with van der Waals surface area (Å²) in [7, 11) is 0. The first-order valence-electron chi connectivity index (χ1n) is 5.57. The number of carbonyl (C=O) groups is 1. The molecule has 0 bridgehead atoms. The van der Waals surface area contributed by atoms with Crippen LogP contribution in [0.5, 0.6) is 0 Å². The van der Waals surface area contributed by atoms with Gasteiger partial charge < -0.3 is 5.73 Å². The van der Waals surface area contributed by atoms with Gasteiger partial charge in [-0.1, -0.05) is 6.07 Å². The van der Waals surface area contributed by atoms with Crippen LogP contribution >= 0.6 is 11.3 Å². The molecule has 0 saturated carbocycles. The van der Waals surface area contributed by atoms with Crippen molar-refractivity contribution < 1.29 is 13.6 Å². The van der Waals surface area contributed by atoms with Crippen molar-refractivity contribution in [2.45, 2.75) is 12.6 Å². The molecule has 0 aliphatic heterocycles. The number of primary amides is 1. The molecule has 100 valence electrons. The van der Waals surface area contributed by atoms with E-state index in [4.69, 9.17) is 5.73 Å². The fourth-order valence-corrected chi connectivity index (χ4v) is 2.40. The van der Waals surface area contributed by atoms with E-state index in [1.807, 2.05) is 17.5 Å². The summed E-state index contributed by atoms with van der Waals surface area (Å²) in [4.78, 5) is 12.4. The minimum atomic E-state index is -0.924. The zero-order valence-electron chi connectivity index (χ0n) is 9.90. The van der Waals surface area contributed by atoms with E-state index in [0.717, 1.165) is 23.1 Å². The Kier molecular flexibility index (Phi) is 4.24. The Bertz CT molecular complexity index is 552. The summed E-state index contributed by atoms with van der Waals surface area (Å²) in [6.45, 7) is 0.406. The normalized spacial score (nSPS) is 12.3. The molecule has 0 saturated heterocycles. The number of thiophene rings is 1. The van der Waals surface area contributed by atoms with E-state index < -0.39 is 23.6 Å². The predicted octanol–water partition coefficient (Wildman–Crippen LogP) is 2.34. The van der Waals surface area contributed by atoms with Gasteiger partial charge in [-0.3, -0.25) is 10.1 Å². The highest BCUT2D eigenvalue weighted by molar-refractivity contribution is 7.09. The fraction of sp³-hybridized carbons (Fsp3) is 0.154. The topological polar surface area (TPSA) is 55.1 Å². The Balaban J connectivity index is 2.17. The third kappa shape index (κ3) is 3.59. The molecule has 1 heterocycles. The molecule has 3 nitrogen and oxygen atoms in total. The average Bonchev–Trinajstić information content (AvgIpc) is 2.80. The Morgan fingerprint density at radius 3 is 2.53 bits per heavy atom. The number of halogens is 2. The van der Waals surface area contributed by atoms with Crippen molar-refractivity contribution in [1.29, 1.82) is 0 Å². The molecule has 0 aliphatic rings. The van der Waals surface area contributed by atoms with Gasteiger partial charge in [-0.25, -0.2) is 8.78 Å². The Morgan fingerprint density at radius 2 is 2.00 bits per heavy atom. The molecule has 6 heteroatoms. The number of amides is 1. The lowest BCUT2D eigenvalue weighted by Crippen LogP contribution is -2.33. The molecule has 2 aromatic rings. The molecule has 2 rings (SSSR count). The minimum Gasteiger partial charge on any atom is -0.368 e. The first-order valence-corrected chi connectivity index (χ1v) is 6.45. The van der Waals surface area contributed by atoms with Crippen molar-refractivity contribution in [3.05, 3.63) is 57.8 Å². The van der Waals surface area contributed by atoms with Crippen LogP contribution in [0.3, 0.4) is 0 Å². The highest BCUT2D eigenvalue weighted by Gasteiger charge is 2.19. The first kappa shape index (κ1) is 13.6. The van der Waals surface area contributed by atoms with Crippen molar-refractivity contribution in [1.82, 2.24) is 5.32 Å². The molecular formula is C13H12F2N2OS. The van der Waals surface area contributed by atoms with Gasteiger partial charge in [-0.15, -0.1) is 11.3 Å². The predicted molar refractivity (Wildman–Crippen MR) is 69.5 cm³/mol. The van der Waals surface area contributed by atoms with E-state index in [9.17, 15) is 13.6 Å². The number of nitrogens with one attached hydrogen (secondary N) is 1. The summed E-state index contributed by atoms with van der Waals surface area (Å²) in [6.07, 6.45) is 0. The number of nitrogens with two attached hydrogens (primary N) is 1. The first-order chi connectivity index (χ1) is 9.06. The molecule has 1 aromatic carbocycles.